The summed E-state index contributed by atoms with van der Waals surface area (Å²) in [6.45, 7) is 6.02. The van der Waals surface area contributed by atoms with Crippen LogP contribution in [0.5, 0.6) is 0 Å². The van der Waals surface area contributed by atoms with Gasteiger partial charge in [0, 0.05) is 20.1 Å². The smallest absolute Gasteiger partial charge is 0.305 e. The molecule has 0 aliphatic carbocycles. The fraction of sp³-hybridized carbons (Fsp3) is 0.964. The Labute approximate surface area is 195 Å². The van der Waals surface area contributed by atoms with Crippen LogP contribution in [-0.4, -0.2) is 26.3 Å². The number of hydrogen-bond donors (Lipinski definition) is 0. The first-order valence-electron chi connectivity index (χ1n) is 13.9. The van der Waals surface area contributed by atoms with Gasteiger partial charge in [-0.15, -0.1) is 0 Å². The summed E-state index contributed by atoms with van der Waals surface area (Å²) in [5.74, 6) is 0.747. The normalized spacial score (nSPS) is 12.2. The van der Waals surface area contributed by atoms with Crippen LogP contribution in [0.2, 0.25) is 0 Å². The molecule has 0 radical (unpaired) electrons. The number of hydrogen-bond acceptors (Lipinski definition) is 3. The molecular weight excluding hydrogens is 384 g/mol. The van der Waals surface area contributed by atoms with Crippen molar-refractivity contribution in [3.8, 4) is 0 Å². The van der Waals surface area contributed by atoms with Gasteiger partial charge < -0.3 is 9.47 Å². The topological polar surface area (TPSA) is 35.5 Å². The lowest BCUT2D eigenvalue weighted by atomic mass is 9.94. The van der Waals surface area contributed by atoms with E-state index < -0.39 is 0 Å². The number of carbonyl (C=O) groups is 1. The highest BCUT2D eigenvalue weighted by Gasteiger charge is 2.08. The van der Waals surface area contributed by atoms with Crippen molar-refractivity contribution >= 4 is 5.97 Å². The first kappa shape index (κ1) is 30.4. The SMILES string of the molecule is CCCCCCCCCCC(CCCCCCCCC(=O)OCCCCCC)COC. The van der Waals surface area contributed by atoms with E-state index in [9.17, 15) is 4.79 Å². The van der Waals surface area contributed by atoms with Crippen molar-refractivity contribution in [2.24, 2.45) is 5.92 Å². The molecule has 0 saturated heterocycles. The maximum Gasteiger partial charge on any atom is 0.305 e. The Morgan fingerprint density at radius 3 is 1.58 bits per heavy atom. The van der Waals surface area contributed by atoms with Gasteiger partial charge in [-0.3, -0.25) is 4.79 Å². The number of esters is 1. The standard InChI is InChI=1S/C28H56O3/c1-4-6-8-10-11-12-15-18-22-27(26-30-3)23-19-16-13-14-17-20-24-28(29)31-25-21-9-7-5-2/h27H,4-26H2,1-3H3. The van der Waals surface area contributed by atoms with Crippen molar-refractivity contribution < 1.29 is 14.3 Å². The van der Waals surface area contributed by atoms with E-state index in [4.69, 9.17) is 9.47 Å². The molecule has 3 heteroatoms. The summed E-state index contributed by atoms with van der Waals surface area (Å²) >= 11 is 0. The highest BCUT2D eigenvalue weighted by molar-refractivity contribution is 5.69. The largest absolute Gasteiger partial charge is 0.466 e. The molecule has 0 aromatic heterocycles. The minimum atomic E-state index is -0.000125. The molecule has 31 heavy (non-hydrogen) atoms. The summed E-state index contributed by atoms with van der Waals surface area (Å²) in [6.07, 6.45) is 26.4. The van der Waals surface area contributed by atoms with Gasteiger partial charge in [-0.2, -0.15) is 0 Å². The Kier molecular flexibility index (Phi) is 25.2. The van der Waals surface area contributed by atoms with Crippen molar-refractivity contribution in [1.82, 2.24) is 0 Å². The third-order valence-corrected chi connectivity index (χ3v) is 6.37. The number of unbranched alkanes of at least 4 members (excludes halogenated alkanes) is 15. The van der Waals surface area contributed by atoms with Crippen LogP contribution in [0, 0.1) is 5.92 Å². The molecule has 0 aliphatic heterocycles. The molecule has 0 spiro atoms. The second-order valence-corrected chi connectivity index (χ2v) is 9.53. The average molecular weight is 441 g/mol. The molecule has 0 rings (SSSR count). The van der Waals surface area contributed by atoms with E-state index in [1.807, 2.05) is 7.11 Å². The maximum atomic E-state index is 11.7. The lowest BCUT2D eigenvalue weighted by Crippen LogP contribution is -2.08. The fourth-order valence-electron chi connectivity index (χ4n) is 4.31. The Hall–Kier alpha value is -0.570. The Balaban J connectivity index is 3.48. The van der Waals surface area contributed by atoms with Crippen LogP contribution >= 0.6 is 0 Å². The van der Waals surface area contributed by atoms with Crippen molar-refractivity contribution in [2.45, 2.75) is 149 Å². The highest BCUT2D eigenvalue weighted by Crippen LogP contribution is 2.20. The second kappa shape index (κ2) is 25.7. The van der Waals surface area contributed by atoms with E-state index in [1.165, 1.54) is 109 Å². The lowest BCUT2D eigenvalue weighted by molar-refractivity contribution is -0.143. The van der Waals surface area contributed by atoms with E-state index in [1.54, 1.807) is 0 Å². The molecule has 0 aromatic rings. The zero-order chi connectivity index (χ0) is 22.8. The second-order valence-electron chi connectivity index (χ2n) is 9.53. The molecule has 186 valence electrons. The van der Waals surface area contributed by atoms with Gasteiger partial charge in [-0.1, -0.05) is 117 Å². The van der Waals surface area contributed by atoms with Crippen LogP contribution in [0.4, 0.5) is 0 Å². The molecular formula is C28H56O3. The Morgan fingerprint density at radius 1 is 0.613 bits per heavy atom. The first-order chi connectivity index (χ1) is 15.2. The van der Waals surface area contributed by atoms with Gasteiger partial charge in [0.1, 0.15) is 0 Å². The van der Waals surface area contributed by atoms with E-state index in [0.29, 0.717) is 13.0 Å². The van der Waals surface area contributed by atoms with E-state index in [-0.39, 0.29) is 5.97 Å². The van der Waals surface area contributed by atoms with Crippen LogP contribution in [-0.2, 0) is 14.3 Å². The van der Waals surface area contributed by atoms with E-state index >= 15 is 0 Å². The van der Waals surface area contributed by atoms with E-state index in [2.05, 4.69) is 13.8 Å². The molecule has 0 heterocycles. The van der Waals surface area contributed by atoms with E-state index in [0.717, 1.165) is 31.8 Å². The monoisotopic (exact) mass is 440 g/mol. The summed E-state index contributed by atoms with van der Waals surface area (Å²) in [5, 5.41) is 0. The third kappa shape index (κ3) is 23.9. The van der Waals surface area contributed by atoms with Crippen LogP contribution < -0.4 is 0 Å². The molecule has 3 nitrogen and oxygen atoms in total. The van der Waals surface area contributed by atoms with Gasteiger partial charge in [0.15, 0.2) is 0 Å². The van der Waals surface area contributed by atoms with Gasteiger partial charge in [-0.25, -0.2) is 0 Å². The van der Waals surface area contributed by atoms with Gasteiger partial charge in [-0.05, 0) is 31.6 Å². The van der Waals surface area contributed by atoms with Gasteiger partial charge >= 0.3 is 5.97 Å². The first-order valence-corrected chi connectivity index (χ1v) is 13.9. The molecule has 0 fully saturated rings. The molecule has 0 aliphatic rings. The zero-order valence-electron chi connectivity index (χ0n) is 21.6. The summed E-state index contributed by atoms with van der Waals surface area (Å²) < 4.78 is 10.8. The predicted molar refractivity (Wildman–Crippen MR) is 135 cm³/mol. The van der Waals surface area contributed by atoms with Crippen molar-refractivity contribution in [3.63, 3.8) is 0 Å². The van der Waals surface area contributed by atoms with Gasteiger partial charge in [0.25, 0.3) is 0 Å². The quantitative estimate of drug-likeness (QED) is 0.105. The molecule has 0 aromatic carbocycles. The van der Waals surface area contributed by atoms with Crippen LogP contribution in [0.15, 0.2) is 0 Å². The molecule has 0 bridgehead atoms. The zero-order valence-corrected chi connectivity index (χ0v) is 21.6. The van der Waals surface area contributed by atoms with Crippen LogP contribution in [0.1, 0.15) is 149 Å². The van der Waals surface area contributed by atoms with Crippen LogP contribution in [0.25, 0.3) is 0 Å². The number of carbonyl (C=O) groups excluding carboxylic acids is 1. The average Bonchev–Trinajstić information content (AvgIpc) is 2.77. The highest BCUT2D eigenvalue weighted by atomic mass is 16.5. The minimum absolute atomic E-state index is 0.000125. The number of ether oxygens (including phenoxy) is 2. The Morgan fingerprint density at radius 2 is 1.06 bits per heavy atom. The van der Waals surface area contributed by atoms with Gasteiger partial charge in [0.2, 0.25) is 0 Å². The molecule has 1 atom stereocenters. The summed E-state index contributed by atoms with van der Waals surface area (Å²) in [4.78, 5) is 11.7. The molecule has 0 amide bonds. The predicted octanol–water partition coefficient (Wildman–Crippen LogP) is 9.02. The molecule has 0 N–H and O–H groups in total. The summed E-state index contributed by atoms with van der Waals surface area (Å²) in [5.41, 5.74) is 0. The maximum absolute atomic E-state index is 11.7. The Bertz CT molecular complexity index is 356. The van der Waals surface area contributed by atoms with Crippen molar-refractivity contribution in [3.05, 3.63) is 0 Å². The minimum Gasteiger partial charge on any atom is -0.466 e. The van der Waals surface area contributed by atoms with Gasteiger partial charge in [0.05, 0.1) is 6.61 Å². The molecule has 1 unspecified atom stereocenters. The lowest BCUT2D eigenvalue weighted by Gasteiger charge is -2.16. The number of methoxy groups -OCH3 is 1. The van der Waals surface area contributed by atoms with Crippen LogP contribution in [0.3, 0.4) is 0 Å². The fourth-order valence-corrected chi connectivity index (χ4v) is 4.31. The van der Waals surface area contributed by atoms with Crippen molar-refractivity contribution in [2.75, 3.05) is 20.3 Å². The number of rotatable bonds is 25. The summed E-state index contributed by atoms with van der Waals surface area (Å²) in [7, 11) is 1.84. The van der Waals surface area contributed by atoms with Crippen molar-refractivity contribution in [1.29, 1.82) is 0 Å². The third-order valence-electron chi connectivity index (χ3n) is 6.37. The summed E-state index contributed by atoms with van der Waals surface area (Å²) in [6, 6.07) is 0. The molecule has 0 saturated carbocycles.